The zero-order chi connectivity index (χ0) is 12.8. The Labute approximate surface area is 98.0 Å². The van der Waals surface area contributed by atoms with Crippen LogP contribution in [0.1, 0.15) is 31.4 Å². The summed E-state index contributed by atoms with van der Waals surface area (Å²) in [6.07, 6.45) is 1.02. The van der Waals surface area contributed by atoms with E-state index in [0.717, 1.165) is 12.1 Å². The van der Waals surface area contributed by atoms with Gasteiger partial charge >= 0.3 is 0 Å². The van der Waals surface area contributed by atoms with Gasteiger partial charge in [0.15, 0.2) is 17.5 Å². The minimum absolute atomic E-state index is 0.266. The molecule has 0 saturated carbocycles. The van der Waals surface area contributed by atoms with Crippen LogP contribution in [0.25, 0.3) is 0 Å². The van der Waals surface area contributed by atoms with E-state index in [9.17, 15) is 13.2 Å². The van der Waals surface area contributed by atoms with Gasteiger partial charge in [-0.05, 0) is 31.0 Å². The van der Waals surface area contributed by atoms with Crippen LogP contribution in [0.4, 0.5) is 13.2 Å². The molecule has 17 heavy (non-hydrogen) atoms. The lowest BCUT2D eigenvalue weighted by Crippen LogP contribution is -2.28. The molecule has 0 aromatic heterocycles. The van der Waals surface area contributed by atoms with Crippen molar-refractivity contribution in [2.24, 2.45) is 5.84 Å². The fraction of sp³-hybridized carbons (Fsp3) is 0.333. The second-order valence-electron chi connectivity index (χ2n) is 3.48. The normalized spacial score (nSPS) is 11.8. The van der Waals surface area contributed by atoms with E-state index in [1.165, 1.54) is 0 Å². The van der Waals surface area contributed by atoms with Crippen molar-refractivity contribution in [1.29, 1.82) is 0 Å². The first-order valence-corrected chi connectivity index (χ1v) is 5.10. The van der Waals surface area contributed by atoms with Crippen LogP contribution in [0.15, 0.2) is 12.1 Å². The van der Waals surface area contributed by atoms with Crippen molar-refractivity contribution in [2.75, 3.05) is 0 Å². The average molecular weight is 242 g/mol. The summed E-state index contributed by atoms with van der Waals surface area (Å²) in [4.78, 5) is 0. The molecule has 1 rings (SSSR count). The third-order valence-corrected chi connectivity index (χ3v) is 2.34. The van der Waals surface area contributed by atoms with Gasteiger partial charge < -0.3 is 0 Å². The molecule has 3 N–H and O–H groups in total. The van der Waals surface area contributed by atoms with E-state index >= 15 is 0 Å². The number of hydrazine groups is 1. The van der Waals surface area contributed by atoms with Crippen molar-refractivity contribution in [3.63, 3.8) is 0 Å². The van der Waals surface area contributed by atoms with Gasteiger partial charge in [-0.2, -0.15) is 0 Å². The third kappa shape index (κ3) is 3.48. The molecule has 0 heterocycles. The van der Waals surface area contributed by atoms with Gasteiger partial charge in [0.05, 0.1) is 0 Å². The molecule has 0 saturated heterocycles. The van der Waals surface area contributed by atoms with Crippen LogP contribution in [-0.4, -0.2) is 0 Å². The molecule has 2 nitrogen and oxygen atoms in total. The minimum atomic E-state index is -1.47. The maximum atomic E-state index is 13.0. The van der Waals surface area contributed by atoms with E-state index in [-0.39, 0.29) is 5.56 Å². The van der Waals surface area contributed by atoms with Crippen molar-refractivity contribution in [2.45, 2.75) is 25.8 Å². The van der Waals surface area contributed by atoms with E-state index in [2.05, 4.69) is 17.3 Å². The minimum Gasteiger partial charge on any atom is -0.271 e. The number of benzene rings is 1. The Morgan fingerprint density at radius 2 is 1.88 bits per heavy atom. The molecule has 92 valence electrons. The van der Waals surface area contributed by atoms with Crippen LogP contribution in [0, 0.1) is 29.3 Å². The molecule has 0 aliphatic rings. The lowest BCUT2D eigenvalue weighted by Gasteiger charge is -2.15. The summed E-state index contributed by atoms with van der Waals surface area (Å²) < 4.78 is 38.8. The zero-order valence-electron chi connectivity index (χ0n) is 9.36. The fourth-order valence-electron chi connectivity index (χ4n) is 1.46. The summed E-state index contributed by atoms with van der Waals surface area (Å²) >= 11 is 0. The van der Waals surface area contributed by atoms with Gasteiger partial charge in [0.2, 0.25) is 0 Å². The Hall–Kier alpha value is -1.51. The van der Waals surface area contributed by atoms with Crippen molar-refractivity contribution in [3.05, 3.63) is 35.1 Å². The summed E-state index contributed by atoms with van der Waals surface area (Å²) in [7, 11) is 0. The second kappa shape index (κ2) is 6.28. The Morgan fingerprint density at radius 3 is 2.35 bits per heavy atom. The topological polar surface area (TPSA) is 38.0 Å². The van der Waals surface area contributed by atoms with E-state index in [4.69, 9.17) is 5.84 Å². The fourth-order valence-corrected chi connectivity index (χ4v) is 1.46. The van der Waals surface area contributed by atoms with Crippen LogP contribution in [-0.2, 0) is 0 Å². The zero-order valence-corrected chi connectivity index (χ0v) is 9.36. The number of nitrogens with one attached hydrogen (secondary N) is 1. The van der Waals surface area contributed by atoms with Gasteiger partial charge in [0, 0.05) is 12.5 Å². The Bertz CT molecular complexity index is 426. The number of hydrogen-bond donors (Lipinski definition) is 2. The number of nitrogens with two attached hydrogens (primary N) is 1. The van der Waals surface area contributed by atoms with Crippen LogP contribution in [0.5, 0.6) is 0 Å². The molecule has 0 bridgehead atoms. The largest absolute Gasteiger partial charge is 0.271 e. The van der Waals surface area contributed by atoms with E-state index < -0.39 is 23.5 Å². The molecule has 0 aliphatic carbocycles. The van der Waals surface area contributed by atoms with Crippen LogP contribution in [0.2, 0.25) is 0 Å². The summed E-state index contributed by atoms with van der Waals surface area (Å²) in [5.74, 6) is 6.89. The molecule has 0 radical (unpaired) electrons. The van der Waals surface area contributed by atoms with Gasteiger partial charge in [0.25, 0.3) is 0 Å². The molecule has 0 fully saturated rings. The smallest absolute Gasteiger partial charge is 0.194 e. The average Bonchev–Trinajstić information content (AvgIpc) is 2.31. The van der Waals surface area contributed by atoms with Crippen molar-refractivity contribution < 1.29 is 13.2 Å². The SMILES string of the molecule is CC#CCCC(NN)c1cc(F)c(F)c(F)c1. The van der Waals surface area contributed by atoms with Gasteiger partial charge in [-0.1, -0.05) is 0 Å². The lowest BCUT2D eigenvalue weighted by molar-refractivity contribution is 0.437. The maximum Gasteiger partial charge on any atom is 0.194 e. The van der Waals surface area contributed by atoms with E-state index in [1.807, 2.05) is 0 Å². The maximum absolute atomic E-state index is 13.0. The standard InChI is InChI=1S/C12H13F3N2/c1-2-3-4-5-11(17-16)8-6-9(13)12(15)10(14)7-8/h6-7,11,17H,4-5,16H2,1H3. The highest BCUT2D eigenvalue weighted by molar-refractivity contribution is 5.22. The molecule has 0 aliphatic heterocycles. The Morgan fingerprint density at radius 1 is 1.29 bits per heavy atom. The molecular formula is C12H13F3N2. The molecule has 1 aromatic rings. The van der Waals surface area contributed by atoms with Gasteiger partial charge in [-0.25, -0.2) is 13.2 Å². The second-order valence-corrected chi connectivity index (χ2v) is 3.48. The molecule has 5 heteroatoms. The number of halogens is 3. The van der Waals surface area contributed by atoms with Gasteiger partial charge in [-0.3, -0.25) is 11.3 Å². The van der Waals surface area contributed by atoms with E-state index in [0.29, 0.717) is 12.8 Å². The number of rotatable bonds is 4. The summed E-state index contributed by atoms with van der Waals surface area (Å²) in [6, 6.07) is 1.41. The molecule has 1 aromatic carbocycles. The first-order valence-electron chi connectivity index (χ1n) is 5.10. The summed E-state index contributed by atoms with van der Waals surface area (Å²) in [6.45, 7) is 1.70. The van der Waals surface area contributed by atoms with Crippen LogP contribution < -0.4 is 11.3 Å². The molecule has 0 spiro atoms. The highest BCUT2D eigenvalue weighted by Gasteiger charge is 2.16. The predicted octanol–water partition coefficient (Wildman–Crippen LogP) is 2.41. The Kier molecular flexibility index (Phi) is 5.01. The Balaban J connectivity index is 2.90. The quantitative estimate of drug-likeness (QED) is 0.368. The van der Waals surface area contributed by atoms with Crippen molar-refractivity contribution >= 4 is 0 Å². The highest BCUT2D eigenvalue weighted by Crippen LogP contribution is 2.21. The lowest BCUT2D eigenvalue weighted by atomic mass is 10.0. The third-order valence-electron chi connectivity index (χ3n) is 2.34. The molecule has 1 atom stereocenters. The van der Waals surface area contributed by atoms with E-state index in [1.54, 1.807) is 6.92 Å². The predicted molar refractivity (Wildman–Crippen MR) is 59.1 cm³/mol. The highest BCUT2D eigenvalue weighted by atomic mass is 19.2. The molecule has 0 amide bonds. The van der Waals surface area contributed by atoms with Gasteiger partial charge in [-0.15, -0.1) is 11.8 Å². The first kappa shape index (κ1) is 13.6. The summed E-state index contributed by atoms with van der Waals surface area (Å²) in [5, 5.41) is 0. The molecular weight excluding hydrogens is 229 g/mol. The first-order chi connectivity index (χ1) is 8.10. The van der Waals surface area contributed by atoms with Crippen molar-refractivity contribution in [3.8, 4) is 11.8 Å². The van der Waals surface area contributed by atoms with Crippen LogP contribution >= 0.6 is 0 Å². The van der Waals surface area contributed by atoms with Crippen molar-refractivity contribution in [1.82, 2.24) is 5.43 Å². The number of hydrogen-bond acceptors (Lipinski definition) is 2. The molecule has 1 unspecified atom stereocenters. The summed E-state index contributed by atoms with van der Waals surface area (Å²) in [5.41, 5.74) is 2.69. The monoisotopic (exact) mass is 242 g/mol. The van der Waals surface area contributed by atoms with Gasteiger partial charge in [0.1, 0.15) is 0 Å². The van der Waals surface area contributed by atoms with Crippen LogP contribution in [0.3, 0.4) is 0 Å².